The summed E-state index contributed by atoms with van der Waals surface area (Å²) in [4.78, 5) is 59.0. The second-order valence-corrected chi connectivity index (χ2v) is 9.33. The Hall–Kier alpha value is -3.19. The molecular formula is C24H32O13. The zero-order valence-corrected chi connectivity index (χ0v) is 21.2. The SMILES string of the molecule is CC(=O)OC[C@H]1O[C@@H](O[C@@H]2OC=C(C(=O)O)C3CC[C@H](C)C32)[C@H](OC(C)=O)[C@@H](OC(C)=O)[C@@H]1OC(C)=O. The van der Waals surface area contributed by atoms with Gasteiger partial charge < -0.3 is 38.3 Å². The molecule has 0 amide bonds. The Labute approximate surface area is 213 Å². The van der Waals surface area contributed by atoms with E-state index >= 15 is 0 Å². The third kappa shape index (κ3) is 6.77. The van der Waals surface area contributed by atoms with Crippen LogP contribution >= 0.6 is 0 Å². The summed E-state index contributed by atoms with van der Waals surface area (Å²) in [6.07, 6.45) is -5.18. The highest BCUT2D eigenvalue weighted by Gasteiger charge is 2.55. The zero-order valence-electron chi connectivity index (χ0n) is 21.2. The Balaban J connectivity index is 1.97. The lowest BCUT2D eigenvalue weighted by Gasteiger charge is -2.46. The van der Waals surface area contributed by atoms with E-state index in [1.165, 1.54) is 6.92 Å². The van der Waals surface area contributed by atoms with Gasteiger partial charge in [-0.05, 0) is 18.8 Å². The van der Waals surface area contributed by atoms with Crippen molar-refractivity contribution in [3.05, 3.63) is 11.8 Å². The van der Waals surface area contributed by atoms with E-state index in [9.17, 15) is 29.1 Å². The number of carboxylic acid groups (broad SMARTS) is 1. The Morgan fingerprint density at radius 1 is 0.865 bits per heavy atom. The Bertz CT molecular complexity index is 943. The van der Waals surface area contributed by atoms with Crippen LogP contribution in [0.4, 0.5) is 0 Å². The molecule has 3 rings (SSSR count). The summed E-state index contributed by atoms with van der Waals surface area (Å²) in [6.45, 7) is 6.10. The fourth-order valence-corrected chi connectivity index (χ4v) is 5.13. The van der Waals surface area contributed by atoms with Gasteiger partial charge in [-0.15, -0.1) is 0 Å². The van der Waals surface area contributed by atoms with E-state index < -0.39 is 73.4 Å². The number of aliphatic carboxylic acids is 1. The molecule has 1 saturated carbocycles. The molecule has 37 heavy (non-hydrogen) atoms. The molecule has 13 heteroatoms. The van der Waals surface area contributed by atoms with Crippen LogP contribution in [0.3, 0.4) is 0 Å². The molecule has 2 aliphatic heterocycles. The van der Waals surface area contributed by atoms with E-state index in [4.69, 9.17) is 33.2 Å². The van der Waals surface area contributed by atoms with Crippen LogP contribution in [0.25, 0.3) is 0 Å². The third-order valence-corrected chi connectivity index (χ3v) is 6.56. The first-order valence-corrected chi connectivity index (χ1v) is 11.9. The van der Waals surface area contributed by atoms with Gasteiger partial charge in [0.25, 0.3) is 0 Å². The maximum atomic E-state index is 12.0. The largest absolute Gasteiger partial charge is 0.478 e. The summed E-state index contributed by atoms with van der Waals surface area (Å²) in [5.74, 6) is -4.66. The lowest BCUT2D eigenvalue weighted by molar-refractivity contribution is -0.344. The number of ether oxygens (including phenoxy) is 7. The van der Waals surface area contributed by atoms with Crippen LogP contribution in [-0.2, 0) is 57.1 Å². The normalized spacial score (nSPS) is 34.7. The first-order valence-electron chi connectivity index (χ1n) is 11.9. The monoisotopic (exact) mass is 528 g/mol. The summed E-state index contributed by atoms with van der Waals surface area (Å²) < 4.78 is 39.0. The highest BCUT2D eigenvalue weighted by molar-refractivity contribution is 5.87. The average Bonchev–Trinajstić information content (AvgIpc) is 3.17. The maximum absolute atomic E-state index is 12.0. The average molecular weight is 529 g/mol. The quantitative estimate of drug-likeness (QED) is 0.351. The topological polar surface area (TPSA) is 170 Å². The molecule has 0 radical (unpaired) electrons. The summed E-state index contributed by atoms with van der Waals surface area (Å²) in [6, 6.07) is 0. The molecule has 1 aliphatic carbocycles. The molecule has 2 heterocycles. The second-order valence-electron chi connectivity index (χ2n) is 9.33. The lowest BCUT2D eigenvalue weighted by Crippen LogP contribution is -2.63. The molecule has 0 aromatic rings. The number of hydrogen-bond acceptors (Lipinski definition) is 12. The van der Waals surface area contributed by atoms with Gasteiger partial charge >= 0.3 is 29.8 Å². The molecule has 3 aliphatic rings. The molecule has 13 nitrogen and oxygen atoms in total. The Morgan fingerprint density at radius 2 is 1.46 bits per heavy atom. The van der Waals surface area contributed by atoms with Gasteiger partial charge in [0.1, 0.15) is 12.7 Å². The van der Waals surface area contributed by atoms with Gasteiger partial charge in [-0.2, -0.15) is 0 Å². The molecule has 2 unspecified atom stereocenters. The fraction of sp³-hybridized carbons (Fsp3) is 0.708. The number of fused-ring (bicyclic) bond motifs is 1. The van der Waals surface area contributed by atoms with Crippen molar-refractivity contribution in [1.82, 2.24) is 0 Å². The highest BCUT2D eigenvalue weighted by Crippen LogP contribution is 2.47. The summed E-state index contributed by atoms with van der Waals surface area (Å²) in [5, 5.41) is 9.58. The molecule has 0 spiro atoms. The van der Waals surface area contributed by atoms with Crippen LogP contribution in [0.15, 0.2) is 11.8 Å². The van der Waals surface area contributed by atoms with E-state index in [1.807, 2.05) is 6.92 Å². The molecule has 206 valence electrons. The number of carbonyl (C=O) groups excluding carboxylic acids is 4. The minimum Gasteiger partial charge on any atom is -0.478 e. The highest BCUT2D eigenvalue weighted by atomic mass is 16.8. The fourth-order valence-electron chi connectivity index (χ4n) is 5.13. The van der Waals surface area contributed by atoms with Crippen molar-refractivity contribution in [3.8, 4) is 0 Å². The number of esters is 4. The Kier molecular flexibility index (Phi) is 9.13. The first kappa shape index (κ1) is 28.4. The number of carbonyl (C=O) groups is 5. The van der Waals surface area contributed by atoms with Crippen LogP contribution in [0.5, 0.6) is 0 Å². The van der Waals surface area contributed by atoms with Gasteiger partial charge in [-0.3, -0.25) is 19.2 Å². The van der Waals surface area contributed by atoms with Gasteiger partial charge in [-0.1, -0.05) is 6.92 Å². The molecular weight excluding hydrogens is 496 g/mol. The molecule has 2 fully saturated rings. The Morgan fingerprint density at radius 3 is 2.03 bits per heavy atom. The molecule has 1 N–H and O–H groups in total. The van der Waals surface area contributed by atoms with Crippen LogP contribution in [0.1, 0.15) is 47.5 Å². The van der Waals surface area contributed by atoms with Crippen LogP contribution < -0.4 is 0 Å². The standard InChI is InChI=1S/C24H32O13/c1-10-6-7-15-16(22(29)30)8-32-23(18(10)15)37-24-21(35-14(5)28)20(34-13(4)27)19(33-12(3)26)17(36-24)9-31-11(2)25/h8,10,15,17-21,23-24H,6-7,9H2,1-5H3,(H,29,30)/t10-,15?,17+,18?,19+,20-,21+,23-,24-/m0/s1. The van der Waals surface area contributed by atoms with E-state index in [-0.39, 0.29) is 23.3 Å². The van der Waals surface area contributed by atoms with Crippen molar-refractivity contribution in [2.45, 2.75) is 84.5 Å². The minimum atomic E-state index is -1.42. The second kappa shape index (κ2) is 11.9. The van der Waals surface area contributed by atoms with Crippen LogP contribution in [0.2, 0.25) is 0 Å². The predicted octanol–water partition coefficient (Wildman–Crippen LogP) is 1.07. The minimum absolute atomic E-state index is 0.0312. The molecule has 9 atom stereocenters. The van der Waals surface area contributed by atoms with E-state index in [2.05, 4.69) is 0 Å². The first-order chi connectivity index (χ1) is 17.4. The summed E-state index contributed by atoms with van der Waals surface area (Å²) >= 11 is 0. The van der Waals surface area contributed by atoms with Gasteiger partial charge in [0.2, 0.25) is 12.6 Å². The predicted molar refractivity (Wildman–Crippen MR) is 119 cm³/mol. The van der Waals surface area contributed by atoms with Crippen molar-refractivity contribution < 1.29 is 62.2 Å². The van der Waals surface area contributed by atoms with Gasteiger partial charge in [0.05, 0.1) is 11.8 Å². The molecule has 1 saturated heterocycles. The molecule has 0 aromatic carbocycles. The van der Waals surface area contributed by atoms with Gasteiger partial charge in [-0.25, -0.2) is 4.79 Å². The van der Waals surface area contributed by atoms with Crippen molar-refractivity contribution in [3.63, 3.8) is 0 Å². The van der Waals surface area contributed by atoms with Crippen molar-refractivity contribution in [2.75, 3.05) is 6.61 Å². The number of hydrogen-bond donors (Lipinski definition) is 1. The zero-order chi connectivity index (χ0) is 27.4. The summed E-state index contributed by atoms with van der Waals surface area (Å²) in [5.41, 5.74) is 0.135. The van der Waals surface area contributed by atoms with Crippen molar-refractivity contribution >= 4 is 29.8 Å². The number of rotatable bonds is 8. The smallest absolute Gasteiger partial charge is 0.334 e. The van der Waals surface area contributed by atoms with E-state index in [0.29, 0.717) is 6.42 Å². The van der Waals surface area contributed by atoms with Gasteiger partial charge in [0, 0.05) is 39.5 Å². The van der Waals surface area contributed by atoms with E-state index in [1.54, 1.807) is 0 Å². The molecule has 0 bridgehead atoms. The van der Waals surface area contributed by atoms with Crippen molar-refractivity contribution in [2.24, 2.45) is 17.8 Å². The summed E-state index contributed by atoms with van der Waals surface area (Å²) in [7, 11) is 0. The van der Waals surface area contributed by atoms with E-state index in [0.717, 1.165) is 33.5 Å². The number of carboxylic acids is 1. The molecule has 0 aromatic heterocycles. The third-order valence-electron chi connectivity index (χ3n) is 6.56. The van der Waals surface area contributed by atoms with Gasteiger partial charge in [0.15, 0.2) is 18.3 Å². The lowest BCUT2D eigenvalue weighted by atomic mass is 9.83. The van der Waals surface area contributed by atoms with Crippen LogP contribution in [0, 0.1) is 17.8 Å². The maximum Gasteiger partial charge on any atom is 0.334 e. The van der Waals surface area contributed by atoms with Crippen molar-refractivity contribution in [1.29, 1.82) is 0 Å². The van der Waals surface area contributed by atoms with Crippen LogP contribution in [-0.4, -0.2) is 78.6 Å².